The van der Waals surface area contributed by atoms with E-state index in [4.69, 9.17) is 14.7 Å². The summed E-state index contributed by atoms with van der Waals surface area (Å²) in [5.74, 6) is 0.357. The zero-order chi connectivity index (χ0) is 27.2. The van der Waals surface area contributed by atoms with Gasteiger partial charge in [0.1, 0.15) is 17.1 Å². The minimum absolute atomic E-state index is 0.223. The largest absolute Gasteiger partial charge is 0.478 e. The Morgan fingerprint density at radius 1 is 1.08 bits per heavy atom. The number of anilines is 1. The van der Waals surface area contributed by atoms with Crippen molar-refractivity contribution in [1.29, 1.82) is 0 Å². The average Bonchev–Trinajstić information content (AvgIpc) is 3.22. The van der Waals surface area contributed by atoms with E-state index < -0.39 is 12.1 Å². The summed E-state index contributed by atoms with van der Waals surface area (Å²) in [7, 11) is 3.38. The van der Waals surface area contributed by atoms with Gasteiger partial charge in [-0.2, -0.15) is 0 Å². The van der Waals surface area contributed by atoms with Gasteiger partial charge in [-0.3, -0.25) is 0 Å². The molecule has 2 N–H and O–H groups in total. The molecule has 0 aliphatic carbocycles. The van der Waals surface area contributed by atoms with Crippen LogP contribution in [0.25, 0.3) is 11.2 Å². The van der Waals surface area contributed by atoms with Crippen molar-refractivity contribution in [2.45, 2.75) is 45.8 Å². The molecule has 0 aliphatic heterocycles. The van der Waals surface area contributed by atoms with Crippen LogP contribution < -0.4 is 10.1 Å². The lowest BCUT2D eigenvalue weighted by Crippen LogP contribution is -2.27. The van der Waals surface area contributed by atoms with Gasteiger partial charge in [0.2, 0.25) is 6.10 Å². The van der Waals surface area contributed by atoms with Gasteiger partial charge in [0.15, 0.2) is 5.65 Å². The summed E-state index contributed by atoms with van der Waals surface area (Å²) in [6.45, 7) is 4.56. The fraction of sp³-hybridized carbons (Fsp3) is 0.310. The third-order valence-electron chi connectivity index (χ3n) is 6.24. The normalized spacial score (nSPS) is 11.8. The number of nitrogens with zero attached hydrogens (tertiary/aromatic N) is 4. The number of carbonyl (C=O) groups is 2. The van der Waals surface area contributed by atoms with Gasteiger partial charge in [0.25, 0.3) is 0 Å². The topological polar surface area (TPSA) is 110 Å². The number of amides is 2. The molecular formula is C29H33N5O4. The van der Waals surface area contributed by atoms with Crippen molar-refractivity contribution in [3.05, 3.63) is 83.3 Å². The average molecular weight is 516 g/mol. The molecule has 0 fully saturated rings. The molecule has 0 spiro atoms. The van der Waals surface area contributed by atoms with E-state index in [1.165, 1.54) is 4.90 Å². The van der Waals surface area contributed by atoms with Gasteiger partial charge in [-0.05, 0) is 37.1 Å². The number of imidazole rings is 1. The number of benzene rings is 2. The SMILES string of the molecule is CCCCc1nc2cc(NC(=O)N(C)C)c(C)nc2n1Cc1ccc(OC(C(=O)O)c2ccccc2)cc1. The molecule has 38 heavy (non-hydrogen) atoms. The van der Waals surface area contributed by atoms with Crippen LogP contribution >= 0.6 is 0 Å². The maximum Gasteiger partial charge on any atom is 0.349 e. The number of urea groups is 1. The Kier molecular flexibility index (Phi) is 8.25. The molecule has 4 rings (SSSR count). The number of carbonyl (C=O) groups excluding carboxylic acids is 1. The summed E-state index contributed by atoms with van der Waals surface area (Å²) in [5.41, 5.74) is 4.41. The molecule has 1 unspecified atom stereocenters. The summed E-state index contributed by atoms with van der Waals surface area (Å²) < 4.78 is 7.91. The zero-order valence-corrected chi connectivity index (χ0v) is 22.1. The molecule has 4 aromatic rings. The second kappa shape index (κ2) is 11.8. The monoisotopic (exact) mass is 515 g/mol. The van der Waals surface area contributed by atoms with E-state index in [9.17, 15) is 14.7 Å². The van der Waals surface area contributed by atoms with Crippen molar-refractivity contribution in [3.63, 3.8) is 0 Å². The minimum Gasteiger partial charge on any atom is -0.478 e. The predicted molar refractivity (Wildman–Crippen MR) is 147 cm³/mol. The van der Waals surface area contributed by atoms with Crippen LogP contribution in [0.3, 0.4) is 0 Å². The van der Waals surface area contributed by atoms with Crippen LogP contribution in [0.15, 0.2) is 60.7 Å². The Bertz CT molecular complexity index is 1410. The van der Waals surface area contributed by atoms with E-state index in [1.807, 2.05) is 31.2 Å². The summed E-state index contributed by atoms with van der Waals surface area (Å²) >= 11 is 0. The Morgan fingerprint density at radius 3 is 2.42 bits per heavy atom. The first-order valence-corrected chi connectivity index (χ1v) is 12.6. The molecular weight excluding hydrogens is 482 g/mol. The molecule has 2 aromatic carbocycles. The molecule has 0 saturated carbocycles. The standard InChI is InChI=1S/C29H33N5O4/c1-5-6-12-25-31-24-17-23(32-29(37)33(3)4)19(2)30-27(24)34(25)18-20-13-15-22(16-14-20)38-26(28(35)36)21-10-8-7-9-11-21/h7-11,13-17,26H,5-6,12,18H2,1-4H3,(H,32,37)(H,35,36). The number of carboxylic acid groups (broad SMARTS) is 1. The van der Waals surface area contributed by atoms with Gasteiger partial charge < -0.3 is 24.6 Å². The highest BCUT2D eigenvalue weighted by Crippen LogP contribution is 2.26. The number of nitrogens with one attached hydrogen (secondary N) is 1. The van der Waals surface area contributed by atoms with E-state index in [0.717, 1.165) is 41.8 Å². The summed E-state index contributed by atoms with van der Waals surface area (Å²) in [6.07, 6.45) is 1.76. The fourth-order valence-corrected chi connectivity index (χ4v) is 4.11. The van der Waals surface area contributed by atoms with Crippen molar-refractivity contribution in [1.82, 2.24) is 19.4 Å². The van der Waals surface area contributed by atoms with Crippen molar-refractivity contribution in [2.24, 2.45) is 0 Å². The molecule has 0 saturated heterocycles. The van der Waals surface area contributed by atoms with E-state index in [1.54, 1.807) is 50.5 Å². The molecule has 0 bridgehead atoms. The molecule has 0 radical (unpaired) electrons. The van der Waals surface area contributed by atoms with E-state index in [-0.39, 0.29) is 6.03 Å². The lowest BCUT2D eigenvalue weighted by molar-refractivity contribution is -0.145. The Hall–Kier alpha value is -4.40. The number of aliphatic carboxylic acids is 1. The number of aromatic nitrogens is 3. The lowest BCUT2D eigenvalue weighted by atomic mass is 10.1. The van der Waals surface area contributed by atoms with E-state index in [0.29, 0.717) is 29.2 Å². The van der Waals surface area contributed by atoms with Gasteiger partial charge in [0, 0.05) is 26.1 Å². The summed E-state index contributed by atoms with van der Waals surface area (Å²) in [4.78, 5) is 35.1. The molecule has 1 atom stereocenters. The molecule has 2 aromatic heterocycles. The minimum atomic E-state index is -1.09. The third-order valence-corrected chi connectivity index (χ3v) is 6.24. The number of pyridine rings is 1. The van der Waals surface area contributed by atoms with E-state index >= 15 is 0 Å². The van der Waals surface area contributed by atoms with Crippen LogP contribution in [0.2, 0.25) is 0 Å². The van der Waals surface area contributed by atoms with Crippen LogP contribution in [-0.4, -0.2) is 50.6 Å². The van der Waals surface area contributed by atoms with Crippen molar-refractivity contribution >= 4 is 28.9 Å². The highest BCUT2D eigenvalue weighted by Gasteiger charge is 2.22. The van der Waals surface area contributed by atoms with Crippen molar-refractivity contribution < 1.29 is 19.4 Å². The van der Waals surface area contributed by atoms with Crippen LogP contribution in [0.1, 0.15) is 48.5 Å². The summed E-state index contributed by atoms with van der Waals surface area (Å²) in [5, 5.41) is 12.5. The second-order valence-corrected chi connectivity index (χ2v) is 9.40. The highest BCUT2D eigenvalue weighted by atomic mass is 16.5. The molecule has 0 aliphatic rings. The van der Waals surface area contributed by atoms with Crippen LogP contribution in [0.5, 0.6) is 5.75 Å². The number of hydrogen-bond donors (Lipinski definition) is 2. The van der Waals surface area contributed by atoms with Gasteiger partial charge in [-0.15, -0.1) is 0 Å². The molecule has 198 valence electrons. The number of carboxylic acids is 1. The molecule has 2 amide bonds. The first-order valence-electron chi connectivity index (χ1n) is 12.6. The van der Waals surface area contributed by atoms with Crippen molar-refractivity contribution in [3.8, 4) is 5.75 Å². The molecule has 9 heteroatoms. The third kappa shape index (κ3) is 6.11. The Balaban J connectivity index is 1.60. The fourth-order valence-electron chi connectivity index (χ4n) is 4.11. The number of aryl methyl sites for hydroxylation is 2. The summed E-state index contributed by atoms with van der Waals surface area (Å²) in [6, 6.07) is 18.0. The number of ether oxygens (including phenoxy) is 1. The number of fused-ring (bicyclic) bond motifs is 1. The number of unbranched alkanes of at least 4 members (excludes halogenated alkanes) is 1. The second-order valence-electron chi connectivity index (χ2n) is 9.40. The van der Waals surface area contributed by atoms with Gasteiger partial charge >= 0.3 is 12.0 Å². The first kappa shape index (κ1) is 26.7. The first-order chi connectivity index (χ1) is 18.3. The van der Waals surface area contributed by atoms with Gasteiger partial charge in [0.05, 0.1) is 17.9 Å². The maximum absolute atomic E-state index is 12.2. The predicted octanol–water partition coefficient (Wildman–Crippen LogP) is 5.43. The quantitative estimate of drug-likeness (QED) is 0.292. The number of hydrogen-bond acceptors (Lipinski definition) is 5. The van der Waals surface area contributed by atoms with E-state index in [2.05, 4.69) is 16.8 Å². The Morgan fingerprint density at radius 2 is 1.79 bits per heavy atom. The van der Waals surface area contributed by atoms with Crippen LogP contribution in [-0.2, 0) is 17.8 Å². The van der Waals surface area contributed by atoms with Gasteiger partial charge in [-0.1, -0.05) is 55.8 Å². The van der Waals surface area contributed by atoms with Crippen molar-refractivity contribution in [2.75, 3.05) is 19.4 Å². The zero-order valence-electron chi connectivity index (χ0n) is 22.1. The lowest BCUT2D eigenvalue weighted by Gasteiger charge is -2.16. The maximum atomic E-state index is 12.2. The highest BCUT2D eigenvalue weighted by molar-refractivity contribution is 5.91. The Labute approximate surface area is 222 Å². The molecule has 2 heterocycles. The van der Waals surface area contributed by atoms with Crippen LogP contribution in [0.4, 0.5) is 10.5 Å². The molecule has 9 nitrogen and oxygen atoms in total. The van der Waals surface area contributed by atoms with Crippen LogP contribution in [0, 0.1) is 6.92 Å². The van der Waals surface area contributed by atoms with Gasteiger partial charge in [-0.25, -0.2) is 19.6 Å². The number of rotatable bonds is 10. The smallest absolute Gasteiger partial charge is 0.349 e.